The summed E-state index contributed by atoms with van der Waals surface area (Å²) in [7, 11) is 0. The largest absolute Gasteiger partial charge is 0.462 e. The number of benzene rings is 1. The summed E-state index contributed by atoms with van der Waals surface area (Å²) in [6, 6.07) is 6.28. The van der Waals surface area contributed by atoms with E-state index in [1.165, 1.54) is 19.1 Å². The summed E-state index contributed by atoms with van der Waals surface area (Å²) in [5.74, 6) is -0.509. The molecule has 1 saturated carbocycles. The van der Waals surface area contributed by atoms with Crippen molar-refractivity contribution in [3.05, 3.63) is 39.9 Å². The van der Waals surface area contributed by atoms with Gasteiger partial charge in [-0.1, -0.05) is 12.1 Å². The van der Waals surface area contributed by atoms with Crippen LogP contribution in [0.1, 0.15) is 44.6 Å². The number of rotatable bonds is 5. The maximum Gasteiger partial charge on any atom is 0.306 e. The van der Waals surface area contributed by atoms with Gasteiger partial charge in [0.2, 0.25) is 5.91 Å². The first-order valence-corrected chi connectivity index (χ1v) is 7.57. The number of nitro benzene ring substituents is 1. The molecule has 0 bridgehead atoms. The van der Waals surface area contributed by atoms with Crippen molar-refractivity contribution >= 4 is 17.6 Å². The lowest BCUT2D eigenvalue weighted by atomic mass is 10.1. The van der Waals surface area contributed by atoms with Gasteiger partial charge >= 0.3 is 5.97 Å². The van der Waals surface area contributed by atoms with Crippen LogP contribution < -0.4 is 5.73 Å². The van der Waals surface area contributed by atoms with E-state index < -0.39 is 4.92 Å². The molecule has 1 aromatic rings. The first-order chi connectivity index (χ1) is 10.9. The van der Waals surface area contributed by atoms with Crippen LogP contribution in [-0.2, 0) is 20.7 Å². The third-order valence-electron chi connectivity index (χ3n) is 3.37. The monoisotopic (exact) mass is 322 g/mol. The van der Waals surface area contributed by atoms with Crippen molar-refractivity contribution < 1.29 is 19.2 Å². The first-order valence-electron chi connectivity index (χ1n) is 7.57. The number of primary amides is 1. The second kappa shape index (κ2) is 9.55. The number of hydrogen-bond acceptors (Lipinski definition) is 5. The topological polar surface area (TPSA) is 113 Å². The molecule has 0 saturated heterocycles. The lowest BCUT2D eigenvalue weighted by Gasteiger charge is -2.10. The SMILES string of the molecule is CC(N)=O.O=C(CCc1ccc([N+](=O)[O-])cc1)OC1CCCC1. The third-order valence-corrected chi connectivity index (χ3v) is 3.37. The van der Waals surface area contributed by atoms with Gasteiger partial charge in [0.1, 0.15) is 6.10 Å². The molecule has 0 aliphatic heterocycles. The van der Waals surface area contributed by atoms with E-state index in [2.05, 4.69) is 5.73 Å². The van der Waals surface area contributed by atoms with Gasteiger partial charge in [-0.2, -0.15) is 0 Å². The van der Waals surface area contributed by atoms with E-state index in [9.17, 15) is 19.7 Å². The quantitative estimate of drug-likeness (QED) is 0.508. The number of nitro groups is 1. The fourth-order valence-electron chi connectivity index (χ4n) is 2.28. The van der Waals surface area contributed by atoms with Crippen LogP contribution >= 0.6 is 0 Å². The molecule has 0 radical (unpaired) electrons. The highest BCUT2D eigenvalue weighted by Gasteiger charge is 2.18. The van der Waals surface area contributed by atoms with Gasteiger partial charge in [-0.25, -0.2) is 0 Å². The van der Waals surface area contributed by atoms with Gasteiger partial charge in [-0.3, -0.25) is 19.7 Å². The number of ether oxygens (including phenoxy) is 1. The number of amides is 1. The average Bonchev–Trinajstić information content (AvgIpc) is 2.98. The molecule has 2 rings (SSSR count). The molecule has 0 aromatic heterocycles. The predicted molar refractivity (Wildman–Crippen MR) is 84.6 cm³/mol. The van der Waals surface area contributed by atoms with E-state index in [4.69, 9.17) is 4.74 Å². The molecule has 7 nitrogen and oxygen atoms in total. The number of non-ortho nitro benzene ring substituents is 1. The Morgan fingerprint density at radius 2 is 1.78 bits per heavy atom. The molecule has 23 heavy (non-hydrogen) atoms. The van der Waals surface area contributed by atoms with Gasteiger partial charge < -0.3 is 10.5 Å². The molecule has 126 valence electrons. The highest BCUT2D eigenvalue weighted by molar-refractivity contribution is 5.70. The van der Waals surface area contributed by atoms with E-state index in [0.717, 1.165) is 31.2 Å². The summed E-state index contributed by atoms with van der Waals surface area (Å²) in [4.78, 5) is 30.9. The van der Waals surface area contributed by atoms with Crippen molar-refractivity contribution in [1.82, 2.24) is 0 Å². The Morgan fingerprint density at radius 3 is 2.26 bits per heavy atom. The number of nitrogens with two attached hydrogens (primary N) is 1. The van der Waals surface area contributed by atoms with Gasteiger partial charge in [0.05, 0.1) is 4.92 Å². The molecule has 0 heterocycles. The van der Waals surface area contributed by atoms with E-state index in [1.54, 1.807) is 12.1 Å². The third kappa shape index (κ3) is 7.94. The van der Waals surface area contributed by atoms with Crippen LogP contribution in [0.3, 0.4) is 0 Å². The molecule has 1 amide bonds. The number of nitrogens with zero attached hydrogens (tertiary/aromatic N) is 1. The van der Waals surface area contributed by atoms with Gasteiger partial charge in [-0.05, 0) is 37.7 Å². The smallest absolute Gasteiger partial charge is 0.306 e. The van der Waals surface area contributed by atoms with Crippen LogP contribution in [0.15, 0.2) is 24.3 Å². The minimum absolute atomic E-state index is 0.0669. The molecule has 0 atom stereocenters. The number of aryl methyl sites for hydroxylation is 1. The molecule has 1 fully saturated rings. The zero-order chi connectivity index (χ0) is 17.2. The standard InChI is InChI=1S/C14H17NO4.C2H5NO/c16-14(19-13-3-1-2-4-13)10-7-11-5-8-12(9-6-11)15(17)18;1-2(3)4/h5-6,8-9,13H,1-4,7,10H2;1H3,(H2,3,4). The summed E-state index contributed by atoms with van der Waals surface area (Å²) >= 11 is 0. The number of carbonyl (C=O) groups excluding carboxylic acids is 2. The van der Waals surface area contributed by atoms with Crippen LogP contribution in [0.5, 0.6) is 0 Å². The Labute approximate surface area is 135 Å². The van der Waals surface area contributed by atoms with Crippen molar-refractivity contribution in [2.24, 2.45) is 5.73 Å². The summed E-state index contributed by atoms with van der Waals surface area (Å²) in [6.07, 6.45) is 5.22. The van der Waals surface area contributed by atoms with Crippen LogP contribution in [0.4, 0.5) is 5.69 Å². The number of hydrogen-bond donors (Lipinski definition) is 1. The summed E-state index contributed by atoms with van der Waals surface area (Å²) in [5.41, 5.74) is 5.45. The summed E-state index contributed by atoms with van der Waals surface area (Å²) < 4.78 is 5.35. The first kappa shape index (κ1) is 18.6. The second-order valence-electron chi connectivity index (χ2n) is 5.43. The van der Waals surface area contributed by atoms with E-state index in [0.29, 0.717) is 12.8 Å². The zero-order valence-corrected chi connectivity index (χ0v) is 13.2. The normalized spacial score (nSPS) is 13.8. The molecule has 0 spiro atoms. The molecule has 2 N–H and O–H groups in total. The molecule has 1 aliphatic carbocycles. The lowest BCUT2D eigenvalue weighted by Crippen LogP contribution is -2.14. The van der Waals surface area contributed by atoms with Gasteiger partial charge in [-0.15, -0.1) is 0 Å². The minimum atomic E-state index is -0.432. The average molecular weight is 322 g/mol. The van der Waals surface area contributed by atoms with Crippen molar-refractivity contribution in [3.63, 3.8) is 0 Å². The zero-order valence-electron chi connectivity index (χ0n) is 13.2. The summed E-state index contributed by atoms with van der Waals surface area (Å²) in [6.45, 7) is 1.31. The molecule has 1 aromatic carbocycles. The van der Waals surface area contributed by atoms with Gasteiger partial charge in [0.25, 0.3) is 5.69 Å². The highest BCUT2D eigenvalue weighted by Crippen LogP contribution is 2.21. The molecule has 1 aliphatic rings. The van der Waals surface area contributed by atoms with Crippen LogP contribution in [0, 0.1) is 10.1 Å². The van der Waals surface area contributed by atoms with Crippen LogP contribution in [0.25, 0.3) is 0 Å². The Kier molecular flexibility index (Phi) is 7.73. The Morgan fingerprint density at radius 1 is 1.26 bits per heavy atom. The molecule has 0 unspecified atom stereocenters. The fraction of sp³-hybridized carbons (Fsp3) is 0.500. The number of carbonyl (C=O) groups is 2. The molecular formula is C16H22N2O5. The maximum absolute atomic E-state index is 11.6. The fourth-order valence-corrected chi connectivity index (χ4v) is 2.28. The van der Waals surface area contributed by atoms with Crippen LogP contribution in [-0.4, -0.2) is 22.9 Å². The van der Waals surface area contributed by atoms with Gasteiger partial charge in [0.15, 0.2) is 0 Å². The Bertz CT molecular complexity index is 532. The Balaban J connectivity index is 0.000000593. The molecule has 7 heteroatoms. The maximum atomic E-state index is 11.6. The van der Waals surface area contributed by atoms with E-state index >= 15 is 0 Å². The van der Waals surface area contributed by atoms with Crippen molar-refractivity contribution in [3.8, 4) is 0 Å². The number of esters is 1. The van der Waals surface area contributed by atoms with Crippen molar-refractivity contribution in [2.45, 2.75) is 51.6 Å². The van der Waals surface area contributed by atoms with Gasteiger partial charge in [0, 0.05) is 25.5 Å². The minimum Gasteiger partial charge on any atom is -0.462 e. The van der Waals surface area contributed by atoms with Crippen molar-refractivity contribution in [1.29, 1.82) is 0 Å². The molecular weight excluding hydrogens is 300 g/mol. The van der Waals surface area contributed by atoms with Crippen LogP contribution in [0.2, 0.25) is 0 Å². The second-order valence-corrected chi connectivity index (χ2v) is 5.43. The lowest BCUT2D eigenvalue weighted by molar-refractivity contribution is -0.384. The predicted octanol–water partition coefficient (Wildman–Crippen LogP) is 2.50. The summed E-state index contributed by atoms with van der Waals surface area (Å²) in [5, 5.41) is 10.5. The van der Waals surface area contributed by atoms with E-state index in [1.807, 2.05) is 0 Å². The van der Waals surface area contributed by atoms with E-state index in [-0.39, 0.29) is 23.7 Å². The van der Waals surface area contributed by atoms with Crippen molar-refractivity contribution in [2.75, 3.05) is 0 Å². The highest BCUT2D eigenvalue weighted by atomic mass is 16.6. The Hall–Kier alpha value is -2.44.